The molecule has 0 aliphatic heterocycles. The first-order chi connectivity index (χ1) is 18.9. The molecule has 5 nitrogen and oxygen atoms in total. The summed E-state index contributed by atoms with van der Waals surface area (Å²) in [5.74, 6) is 3.89. The van der Waals surface area contributed by atoms with E-state index in [1.54, 1.807) is 72.8 Å². The molecule has 39 heavy (non-hydrogen) atoms. The second-order valence-corrected chi connectivity index (χ2v) is 9.05. The molecule has 0 saturated heterocycles. The molecule has 5 aromatic rings. The zero-order valence-electron chi connectivity index (χ0n) is 21.6. The van der Waals surface area contributed by atoms with E-state index in [1.165, 1.54) is 12.5 Å². The molecule has 0 radical (unpaired) electrons. The lowest BCUT2D eigenvalue weighted by atomic mass is 10.0. The van der Waals surface area contributed by atoms with Crippen LogP contribution in [0, 0.1) is 6.92 Å². The first-order valence-corrected chi connectivity index (χ1v) is 12.5. The van der Waals surface area contributed by atoms with E-state index in [1.807, 2.05) is 55.5 Å². The van der Waals surface area contributed by atoms with Crippen LogP contribution >= 0.6 is 0 Å². The van der Waals surface area contributed by atoms with Crippen molar-refractivity contribution < 1.29 is 23.8 Å². The maximum absolute atomic E-state index is 13.0. The van der Waals surface area contributed by atoms with Gasteiger partial charge in [-0.25, -0.2) is 0 Å². The lowest BCUT2D eigenvalue weighted by Gasteiger charge is -2.09. The van der Waals surface area contributed by atoms with E-state index in [0.717, 1.165) is 11.5 Å². The minimum Gasteiger partial charge on any atom is -0.457 e. The fraction of sp³-hybridized carbons (Fsp3) is 0.0588. The molecule has 5 aromatic carbocycles. The molecule has 0 unspecified atom stereocenters. The molecular formula is C34H26O5. The summed E-state index contributed by atoms with van der Waals surface area (Å²) >= 11 is 0. The predicted molar refractivity (Wildman–Crippen MR) is 151 cm³/mol. The van der Waals surface area contributed by atoms with E-state index in [2.05, 4.69) is 0 Å². The SMILES string of the molecule is CC(=O)c1ccc(Oc2ccc(C(=O)c3ccc(Oc4ccc(Oc5ccc(C)cc5)cc4)cc3)cc2)cc1. The van der Waals surface area contributed by atoms with Gasteiger partial charge in [0.2, 0.25) is 0 Å². The molecule has 0 heterocycles. The van der Waals surface area contributed by atoms with Crippen molar-refractivity contribution >= 4 is 11.6 Å². The van der Waals surface area contributed by atoms with Gasteiger partial charge in [0.25, 0.3) is 0 Å². The minimum atomic E-state index is -0.100. The van der Waals surface area contributed by atoms with E-state index in [9.17, 15) is 9.59 Å². The lowest BCUT2D eigenvalue weighted by Crippen LogP contribution is -2.01. The van der Waals surface area contributed by atoms with Crippen LogP contribution < -0.4 is 14.2 Å². The van der Waals surface area contributed by atoms with Crippen molar-refractivity contribution in [1.29, 1.82) is 0 Å². The summed E-state index contributed by atoms with van der Waals surface area (Å²) in [6.45, 7) is 3.56. The molecule has 5 rings (SSSR count). The van der Waals surface area contributed by atoms with Crippen LogP contribution in [-0.4, -0.2) is 11.6 Å². The quantitative estimate of drug-likeness (QED) is 0.184. The average Bonchev–Trinajstić information content (AvgIpc) is 2.96. The molecule has 0 bridgehead atoms. The summed E-state index contributed by atoms with van der Waals surface area (Å²) in [5, 5.41) is 0. The van der Waals surface area contributed by atoms with Crippen LogP contribution in [-0.2, 0) is 0 Å². The molecule has 0 amide bonds. The van der Waals surface area contributed by atoms with Crippen molar-refractivity contribution in [2.24, 2.45) is 0 Å². The van der Waals surface area contributed by atoms with E-state index in [-0.39, 0.29) is 11.6 Å². The van der Waals surface area contributed by atoms with E-state index >= 15 is 0 Å². The molecule has 0 fully saturated rings. The molecule has 0 atom stereocenters. The third kappa shape index (κ3) is 6.59. The van der Waals surface area contributed by atoms with Gasteiger partial charge in [-0.05, 0) is 123 Å². The lowest BCUT2D eigenvalue weighted by molar-refractivity contribution is 0.101. The third-order valence-electron chi connectivity index (χ3n) is 6.05. The van der Waals surface area contributed by atoms with Gasteiger partial charge in [0.1, 0.15) is 34.5 Å². The molecule has 192 valence electrons. The van der Waals surface area contributed by atoms with E-state index in [0.29, 0.717) is 39.7 Å². The Hall–Kier alpha value is -5.16. The van der Waals surface area contributed by atoms with Crippen molar-refractivity contribution in [2.75, 3.05) is 0 Å². The van der Waals surface area contributed by atoms with Crippen molar-refractivity contribution in [3.8, 4) is 34.5 Å². The first-order valence-electron chi connectivity index (χ1n) is 12.5. The number of carbonyl (C=O) groups is 2. The Labute approximate surface area is 227 Å². The van der Waals surface area contributed by atoms with Crippen LogP contribution in [0.5, 0.6) is 34.5 Å². The van der Waals surface area contributed by atoms with Gasteiger partial charge in [-0.1, -0.05) is 17.7 Å². The molecule has 0 spiro atoms. The number of Topliss-reactive ketones (excluding diaryl/α,β-unsaturated/α-hetero) is 1. The maximum atomic E-state index is 13.0. The molecular weight excluding hydrogens is 488 g/mol. The Morgan fingerprint density at radius 2 is 0.667 bits per heavy atom. The minimum absolute atomic E-state index is 0.00217. The molecule has 0 aromatic heterocycles. The van der Waals surface area contributed by atoms with Gasteiger partial charge in [-0.2, -0.15) is 0 Å². The van der Waals surface area contributed by atoms with Gasteiger partial charge in [-0.15, -0.1) is 0 Å². The van der Waals surface area contributed by atoms with Gasteiger partial charge >= 0.3 is 0 Å². The zero-order valence-corrected chi connectivity index (χ0v) is 21.6. The number of benzene rings is 5. The smallest absolute Gasteiger partial charge is 0.193 e. The normalized spacial score (nSPS) is 10.5. The highest BCUT2D eigenvalue weighted by Crippen LogP contribution is 2.28. The van der Waals surface area contributed by atoms with Crippen LogP contribution in [0.1, 0.15) is 38.8 Å². The first kappa shape index (κ1) is 25.5. The van der Waals surface area contributed by atoms with Crippen LogP contribution in [0.3, 0.4) is 0 Å². The summed E-state index contributed by atoms with van der Waals surface area (Å²) in [5.41, 5.74) is 2.91. The van der Waals surface area contributed by atoms with Crippen molar-refractivity contribution in [2.45, 2.75) is 13.8 Å². The topological polar surface area (TPSA) is 61.8 Å². The molecule has 0 saturated carbocycles. The number of hydrogen-bond acceptors (Lipinski definition) is 5. The average molecular weight is 515 g/mol. The number of hydrogen-bond donors (Lipinski definition) is 0. The molecule has 0 N–H and O–H groups in total. The summed E-state index contributed by atoms with van der Waals surface area (Å²) in [4.78, 5) is 24.4. The van der Waals surface area contributed by atoms with Gasteiger partial charge in [0, 0.05) is 16.7 Å². The van der Waals surface area contributed by atoms with Gasteiger partial charge in [0.15, 0.2) is 11.6 Å². The Balaban J connectivity index is 1.17. The van der Waals surface area contributed by atoms with Crippen molar-refractivity contribution in [3.63, 3.8) is 0 Å². The summed E-state index contributed by atoms with van der Waals surface area (Å²) in [6, 6.07) is 36.1. The monoisotopic (exact) mass is 514 g/mol. The molecule has 5 heteroatoms. The highest BCUT2D eigenvalue weighted by molar-refractivity contribution is 6.09. The number of ether oxygens (including phenoxy) is 3. The van der Waals surface area contributed by atoms with Crippen LogP contribution in [0.25, 0.3) is 0 Å². The third-order valence-corrected chi connectivity index (χ3v) is 6.05. The van der Waals surface area contributed by atoms with Crippen molar-refractivity contribution in [1.82, 2.24) is 0 Å². The zero-order chi connectivity index (χ0) is 27.2. The Morgan fingerprint density at radius 1 is 0.410 bits per heavy atom. The van der Waals surface area contributed by atoms with Crippen LogP contribution in [0.15, 0.2) is 121 Å². The highest BCUT2D eigenvalue weighted by atomic mass is 16.5. The van der Waals surface area contributed by atoms with E-state index in [4.69, 9.17) is 14.2 Å². The summed E-state index contributed by atoms with van der Waals surface area (Å²) < 4.78 is 17.6. The summed E-state index contributed by atoms with van der Waals surface area (Å²) in [6.07, 6.45) is 0. The fourth-order valence-electron chi connectivity index (χ4n) is 3.86. The second kappa shape index (κ2) is 11.5. The summed E-state index contributed by atoms with van der Waals surface area (Å²) in [7, 11) is 0. The standard InChI is InChI=1S/C34H26O5/c1-23-3-11-28(12-4-23)37-32-19-21-33(22-20-32)39-31-17-9-27(10-18-31)34(36)26-7-15-30(16-8-26)38-29-13-5-25(6-14-29)24(2)35/h3-22H,1-2H3. The van der Waals surface area contributed by atoms with Gasteiger partial charge in [0.05, 0.1) is 0 Å². The highest BCUT2D eigenvalue weighted by Gasteiger charge is 2.10. The Bertz CT molecular complexity index is 1570. The number of aryl methyl sites for hydroxylation is 1. The van der Waals surface area contributed by atoms with E-state index < -0.39 is 0 Å². The number of ketones is 2. The largest absolute Gasteiger partial charge is 0.457 e. The van der Waals surface area contributed by atoms with Gasteiger partial charge < -0.3 is 14.2 Å². The Kier molecular flexibility index (Phi) is 7.51. The van der Waals surface area contributed by atoms with Crippen LogP contribution in [0.2, 0.25) is 0 Å². The van der Waals surface area contributed by atoms with Crippen LogP contribution in [0.4, 0.5) is 0 Å². The molecule has 0 aliphatic rings. The maximum Gasteiger partial charge on any atom is 0.193 e. The second-order valence-electron chi connectivity index (χ2n) is 9.05. The molecule has 0 aliphatic carbocycles. The number of rotatable bonds is 9. The predicted octanol–water partition coefficient (Wildman–Crippen LogP) is 8.81. The van der Waals surface area contributed by atoms with Gasteiger partial charge in [-0.3, -0.25) is 9.59 Å². The Morgan fingerprint density at radius 3 is 0.974 bits per heavy atom. The fourth-order valence-corrected chi connectivity index (χ4v) is 3.86. The number of carbonyl (C=O) groups excluding carboxylic acids is 2. The van der Waals surface area contributed by atoms with Crippen molar-refractivity contribution in [3.05, 3.63) is 144 Å².